The first kappa shape index (κ1) is 14.6. The van der Waals surface area contributed by atoms with E-state index in [0.29, 0.717) is 11.8 Å². The summed E-state index contributed by atoms with van der Waals surface area (Å²) in [6, 6.07) is 0.366. The predicted octanol–water partition coefficient (Wildman–Crippen LogP) is 3.01. The highest BCUT2D eigenvalue weighted by atomic mass is 16.1. The Kier molecular flexibility index (Phi) is 5.50. The lowest BCUT2D eigenvalue weighted by Crippen LogP contribution is -2.44. The van der Waals surface area contributed by atoms with Gasteiger partial charge >= 0.3 is 0 Å². The Balaban J connectivity index is 4.52. The van der Waals surface area contributed by atoms with Gasteiger partial charge in [-0.25, -0.2) is 0 Å². The Hall–Kier alpha value is -0.370. The van der Waals surface area contributed by atoms with Crippen LogP contribution in [0.15, 0.2) is 0 Å². The van der Waals surface area contributed by atoms with Crippen molar-refractivity contribution in [2.45, 2.75) is 67.0 Å². The van der Waals surface area contributed by atoms with Gasteiger partial charge in [0.2, 0.25) is 0 Å². The third-order valence-corrected chi connectivity index (χ3v) is 2.26. The van der Waals surface area contributed by atoms with Crippen LogP contribution in [0, 0.1) is 11.3 Å². The van der Waals surface area contributed by atoms with Crippen LogP contribution >= 0.6 is 0 Å². The molecule has 1 atom stereocenters. The monoisotopic (exact) mass is 213 g/mol. The third-order valence-electron chi connectivity index (χ3n) is 2.26. The molecule has 0 amide bonds. The van der Waals surface area contributed by atoms with E-state index in [-0.39, 0.29) is 17.4 Å². The van der Waals surface area contributed by atoms with Gasteiger partial charge in [-0.2, -0.15) is 0 Å². The van der Waals surface area contributed by atoms with Gasteiger partial charge < -0.3 is 5.32 Å². The minimum atomic E-state index is 0.00463. The lowest BCUT2D eigenvalue weighted by atomic mass is 9.84. The van der Waals surface area contributed by atoms with E-state index in [4.69, 9.17) is 0 Å². The zero-order valence-corrected chi connectivity index (χ0v) is 11.3. The van der Waals surface area contributed by atoms with Gasteiger partial charge in [-0.15, -0.1) is 0 Å². The smallest absolute Gasteiger partial charge is 0.152 e. The van der Waals surface area contributed by atoms with Gasteiger partial charge in [0.05, 0.1) is 6.04 Å². The summed E-state index contributed by atoms with van der Waals surface area (Å²) in [6.07, 6.45) is 0.905. The summed E-state index contributed by atoms with van der Waals surface area (Å²) in [6.45, 7) is 14.6. The fourth-order valence-electron chi connectivity index (χ4n) is 1.66. The van der Waals surface area contributed by atoms with E-state index in [1.165, 1.54) is 0 Å². The second kappa shape index (κ2) is 5.64. The number of carbonyl (C=O) groups is 1. The van der Waals surface area contributed by atoms with Crippen LogP contribution in [0.25, 0.3) is 0 Å². The minimum absolute atomic E-state index is 0.00463. The summed E-state index contributed by atoms with van der Waals surface area (Å²) in [5.41, 5.74) is 0.192. The molecule has 0 aliphatic heterocycles. The van der Waals surface area contributed by atoms with E-state index in [1.54, 1.807) is 0 Å². The molecule has 15 heavy (non-hydrogen) atoms. The lowest BCUT2D eigenvalue weighted by molar-refractivity contribution is -0.124. The molecule has 0 unspecified atom stereocenters. The fourth-order valence-corrected chi connectivity index (χ4v) is 1.66. The van der Waals surface area contributed by atoms with Gasteiger partial charge in [-0.1, -0.05) is 48.5 Å². The standard InChI is InChI=1S/C13H27NO/c1-9(2)12(15)11(14-10(3)4)8-13(5,6)7/h9-11,14H,8H2,1-7H3/t11-/m0/s1. The maximum absolute atomic E-state index is 12.0. The van der Waals surface area contributed by atoms with Crippen LogP contribution in [0.3, 0.4) is 0 Å². The Morgan fingerprint density at radius 1 is 1.13 bits per heavy atom. The second-order valence-electron chi connectivity index (χ2n) is 6.20. The summed E-state index contributed by atoms with van der Waals surface area (Å²) in [5.74, 6) is 0.447. The third kappa shape index (κ3) is 6.67. The maximum atomic E-state index is 12.0. The maximum Gasteiger partial charge on any atom is 0.152 e. The van der Waals surface area contributed by atoms with Gasteiger partial charge in [-0.3, -0.25) is 4.79 Å². The van der Waals surface area contributed by atoms with Crippen molar-refractivity contribution in [1.82, 2.24) is 5.32 Å². The van der Waals surface area contributed by atoms with Crippen molar-refractivity contribution in [1.29, 1.82) is 0 Å². The summed E-state index contributed by atoms with van der Waals surface area (Å²) >= 11 is 0. The molecule has 0 rings (SSSR count). The molecular formula is C13H27NO. The largest absolute Gasteiger partial charge is 0.305 e. The van der Waals surface area contributed by atoms with Crippen LogP contribution < -0.4 is 5.32 Å². The highest BCUT2D eigenvalue weighted by Gasteiger charge is 2.26. The SMILES string of the molecule is CC(C)N[C@@H](CC(C)(C)C)C(=O)C(C)C. The predicted molar refractivity (Wildman–Crippen MR) is 66.0 cm³/mol. The first-order valence-electron chi connectivity index (χ1n) is 5.93. The minimum Gasteiger partial charge on any atom is -0.305 e. The van der Waals surface area contributed by atoms with Crippen molar-refractivity contribution >= 4 is 5.78 Å². The second-order valence-corrected chi connectivity index (χ2v) is 6.20. The van der Waals surface area contributed by atoms with Gasteiger partial charge in [0.15, 0.2) is 5.78 Å². The van der Waals surface area contributed by atoms with Crippen molar-refractivity contribution in [3.8, 4) is 0 Å². The van der Waals surface area contributed by atoms with E-state index < -0.39 is 0 Å². The van der Waals surface area contributed by atoms with Crippen molar-refractivity contribution in [3.63, 3.8) is 0 Å². The molecule has 0 aromatic heterocycles. The lowest BCUT2D eigenvalue weighted by Gasteiger charge is -2.28. The average Bonchev–Trinajstić information content (AvgIpc) is 1.97. The first-order chi connectivity index (χ1) is 6.63. The van der Waals surface area contributed by atoms with Crippen LogP contribution in [0.5, 0.6) is 0 Å². The van der Waals surface area contributed by atoms with E-state index >= 15 is 0 Å². The molecule has 0 aliphatic rings. The summed E-state index contributed by atoms with van der Waals surface area (Å²) < 4.78 is 0. The molecule has 0 saturated heterocycles. The molecule has 0 fully saturated rings. The normalized spacial score (nSPS) is 14.7. The van der Waals surface area contributed by atoms with Crippen molar-refractivity contribution in [2.24, 2.45) is 11.3 Å². The van der Waals surface area contributed by atoms with Crippen LogP contribution in [-0.4, -0.2) is 17.9 Å². The highest BCUT2D eigenvalue weighted by Crippen LogP contribution is 2.22. The van der Waals surface area contributed by atoms with Gasteiger partial charge in [-0.05, 0) is 11.8 Å². The Labute approximate surface area is 94.8 Å². The molecule has 0 saturated carbocycles. The molecule has 0 bridgehead atoms. The van der Waals surface area contributed by atoms with Crippen LogP contribution in [0.4, 0.5) is 0 Å². The van der Waals surface area contributed by atoms with Crippen LogP contribution in [-0.2, 0) is 4.79 Å². The molecule has 0 aromatic rings. The number of rotatable bonds is 5. The fraction of sp³-hybridized carbons (Fsp3) is 0.923. The van der Waals surface area contributed by atoms with Gasteiger partial charge in [0, 0.05) is 12.0 Å². The first-order valence-corrected chi connectivity index (χ1v) is 5.93. The topological polar surface area (TPSA) is 29.1 Å². The number of nitrogens with one attached hydrogen (secondary N) is 1. The number of carbonyl (C=O) groups excluding carboxylic acids is 1. The molecular weight excluding hydrogens is 186 g/mol. The molecule has 0 aromatic carbocycles. The Morgan fingerprint density at radius 2 is 1.60 bits per heavy atom. The number of hydrogen-bond donors (Lipinski definition) is 1. The summed E-state index contributed by atoms with van der Waals surface area (Å²) in [4.78, 5) is 12.0. The molecule has 90 valence electrons. The van der Waals surface area contributed by atoms with E-state index in [0.717, 1.165) is 6.42 Å². The molecule has 2 nitrogen and oxygen atoms in total. The molecule has 1 N–H and O–H groups in total. The molecule has 2 heteroatoms. The van der Waals surface area contributed by atoms with E-state index in [1.807, 2.05) is 13.8 Å². The highest BCUT2D eigenvalue weighted by molar-refractivity contribution is 5.85. The molecule has 0 heterocycles. The zero-order valence-electron chi connectivity index (χ0n) is 11.3. The Morgan fingerprint density at radius 3 is 1.87 bits per heavy atom. The Bertz CT molecular complexity index is 201. The summed E-state index contributed by atoms with van der Waals surface area (Å²) in [7, 11) is 0. The van der Waals surface area contributed by atoms with Crippen molar-refractivity contribution < 1.29 is 4.79 Å². The van der Waals surface area contributed by atoms with Crippen molar-refractivity contribution in [3.05, 3.63) is 0 Å². The average molecular weight is 213 g/mol. The quantitative estimate of drug-likeness (QED) is 0.760. The molecule has 0 aliphatic carbocycles. The summed E-state index contributed by atoms with van der Waals surface area (Å²) in [5, 5.41) is 3.37. The van der Waals surface area contributed by atoms with E-state index in [9.17, 15) is 4.79 Å². The molecule has 0 radical (unpaired) electrons. The number of ketones is 1. The van der Waals surface area contributed by atoms with Gasteiger partial charge in [0.25, 0.3) is 0 Å². The van der Waals surface area contributed by atoms with Gasteiger partial charge in [0.1, 0.15) is 0 Å². The number of Topliss-reactive ketones (excluding diaryl/α,β-unsaturated/α-hetero) is 1. The number of hydrogen-bond acceptors (Lipinski definition) is 2. The molecule has 0 spiro atoms. The van der Waals surface area contributed by atoms with Crippen molar-refractivity contribution in [2.75, 3.05) is 0 Å². The van der Waals surface area contributed by atoms with E-state index in [2.05, 4.69) is 39.9 Å². The van der Waals surface area contributed by atoms with Crippen LogP contribution in [0.1, 0.15) is 54.9 Å². The zero-order chi connectivity index (χ0) is 12.2. The van der Waals surface area contributed by atoms with Crippen LogP contribution in [0.2, 0.25) is 0 Å².